The fourth-order valence-corrected chi connectivity index (χ4v) is 5.67. The van der Waals surface area contributed by atoms with Crippen molar-refractivity contribution in [2.75, 3.05) is 6.26 Å². The first-order valence-electron chi connectivity index (χ1n) is 5.93. The number of rotatable bonds is 2. The Labute approximate surface area is 91.7 Å². The lowest BCUT2D eigenvalue weighted by Crippen LogP contribution is -2.59. The fraction of sp³-hybridized carbons (Fsp3) is 1.00. The van der Waals surface area contributed by atoms with Crippen LogP contribution < -0.4 is 4.72 Å². The molecule has 0 aromatic heterocycles. The molecule has 4 heteroatoms. The molecule has 4 bridgehead atoms. The van der Waals surface area contributed by atoms with Gasteiger partial charge in [0.05, 0.1) is 6.26 Å². The zero-order valence-corrected chi connectivity index (χ0v) is 10.0. The third-order valence-corrected chi connectivity index (χ3v) is 5.24. The minimum atomic E-state index is -3.04. The lowest BCUT2D eigenvalue weighted by Gasteiger charge is -2.56. The average Bonchev–Trinajstić information content (AvgIpc) is 1.94. The lowest BCUT2D eigenvalue weighted by atomic mass is 9.53. The third-order valence-electron chi connectivity index (χ3n) is 4.44. The minimum absolute atomic E-state index is 0.0532. The standard InChI is InChI=1S/C11H19NO2S/c1-15(13,14)12-11-5-8-2-9(6-11)4-10(3-8)7-11/h8-10,12H,2-7H2,1H3. The Hall–Kier alpha value is -0.0900. The van der Waals surface area contributed by atoms with E-state index in [1.165, 1.54) is 25.5 Å². The Bertz CT molecular complexity index is 339. The van der Waals surface area contributed by atoms with Crippen molar-refractivity contribution in [3.63, 3.8) is 0 Å². The van der Waals surface area contributed by atoms with E-state index in [9.17, 15) is 8.42 Å². The van der Waals surface area contributed by atoms with Crippen LogP contribution in [0.4, 0.5) is 0 Å². The van der Waals surface area contributed by atoms with Gasteiger partial charge in [-0.3, -0.25) is 0 Å². The molecule has 4 aliphatic carbocycles. The van der Waals surface area contributed by atoms with Gasteiger partial charge in [0.1, 0.15) is 0 Å². The van der Waals surface area contributed by atoms with Crippen LogP contribution in [0.1, 0.15) is 38.5 Å². The Kier molecular flexibility index (Phi) is 2.00. The van der Waals surface area contributed by atoms with Gasteiger partial charge in [0.15, 0.2) is 0 Å². The minimum Gasteiger partial charge on any atom is -0.213 e. The summed E-state index contributed by atoms with van der Waals surface area (Å²) in [7, 11) is -3.04. The van der Waals surface area contributed by atoms with Crippen LogP contribution >= 0.6 is 0 Å². The van der Waals surface area contributed by atoms with E-state index in [0.717, 1.165) is 37.0 Å². The van der Waals surface area contributed by atoms with Gasteiger partial charge >= 0.3 is 0 Å². The van der Waals surface area contributed by atoms with Gasteiger partial charge in [-0.05, 0) is 56.3 Å². The molecule has 86 valence electrons. The highest BCUT2D eigenvalue weighted by Crippen LogP contribution is 2.55. The Balaban J connectivity index is 1.87. The van der Waals surface area contributed by atoms with Gasteiger partial charge in [-0.1, -0.05) is 0 Å². The van der Waals surface area contributed by atoms with Gasteiger partial charge in [0, 0.05) is 5.54 Å². The number of sulfonamides is 1. The summed E-state index contributed by atoms with van der Waals surface area (Å²) in [4.78, 5) is 0. The molecule has 1 N–H and O–H groups in total. The quantitative estimate of drug-likeness (QED) is 0.780. The van der Waals surface area contributed by atoms with E-state index in [2.05, 4.69) is 4.72 Å². The van der Waals surface area contributed by atoms with Crippen molar-refractivity contribution in [2.45, 2.75) is 44.1 Å². The number of hydrogen-bond acceptors (Lipinski definition) is 2. The van der Waals surface area contributed by atoms with Gasteiger partial charge in [-0.15, -0.1) is 0 Å². The topological polar surface area (TPSA) is 46.2 Å². The van der Waals surface area contributed by atoms with Gasteiger partial charge in [0.2, 0.25) is 10.0 Å². The van der Waals surface area contributed by atoms with E-state index < -0.39 is 10.0 Å². The fourth-order valence-electron chi connectivity index (χ4n) is 4.63. The molecule has 0 aromatic rings. The Morgan fingerprint density at radius 3 is 1.73 bits per heavy atom. The molecule has 0 atom stereocenters. The molecule has 0 saturated heterocycles. The second-order valence-electron chi connectivity index (χ2n) is 6.07. The van der Waals surface area contributed by atoms with E-state index >= 15 is 0 Å². The van der Waals surface area contributed by atoms with E-state index in [0.29, 0.717) is 0 Å². The maximum Gasteiger partial charge on any atom is 0.209 e. The summed E-state index contributed by atoms with van der Waals surface area (Å²) in [5.74, 6) is 2.39. The average molecular weight is 229 g/mol. The molecule has 15 heavy (non-hydrogen) atoms. The molecule has 4 fully saturated rings. The molecule has 4 saturated carbocycles. The number of hydrogen-bond donors (Lipinski definition) is 1. The first kappa shape index (κ1) is 10.1. The highest BCUT2D eigenvalue weighted by molar-refractivity contribution is 7.88. The summed E-state index contributed by atoms with van der Waals surface area (Å²) in [5, 5.41) is 0. The predicted octanol–water partition coefficient (Wildman–Crippen LogP) is 1.50. The van der Waals surface area contributed by atoms with Crippen LogP contribution in [0, 0.1) is 17.8 Å². The molecule has 0 amide bonds. The van der Waals surface area contributed by atoms with Crippen molar-refractivity contribution in [3.05, 3.63) is 0 Å². The highest BCUT2D eigenvalue weighted by atomic mass is 32.2. The van der Waals surface area contributed by atoms with Crippen LogP contribution in [0.5, 0.6) is 0 Å². The zero-order valence-electron chi connectivity index (χ0n) is 9.20. The summed E-state index contributed by atoms with van der Waals surface area (Å²) in [6.07, 6.45) is 8.62. The molecular formula is C11H19NO2S. The first-order valence-corrected chi connectivity index (χ1v) is 7.82. The molecule has 0 unspecified atom stereocenters. The van der Waals surface area contributed by atoms with Crippen molar-refractivity contribution in [1.82, 2.24) is 4.72 Å². The Morgan fingerprint density at radius 1 is 1.00 bits per heavy atom. The summed E-state index contributed by atoms with van der Waals surface area (Å²) in [6.45, 7) is 0. The molecule has 0 radical (unpaired) electrons. The first-order chi connectivity index (χ1) is 6.94. The molecule has 0 heterocycles. The summed E-state index contributed by atoms with van der Waals surface area (Å²) in [5.41, 5.74) is -0.0532. The van der Waals surface area contributed by atoms with Crippen molar-refractivity contribution in [3.8, 4) is 0 Å². The molecule has 4 rings (SSSR count). The van der Waals surface area contributed by atoms with Gasteiger partial charge in [-0.2, -0.15) is 0 Å². The van der Waals surface area contributed by atoms with Crippen LogP contribution in [-0.4, -0.2) is 20.2 Å². The van der Waals surface area contributed by atoms with E-state index in [4.69, 9.17) is 0 Å². The predicted molar refractivity (Wildman–Crippen MR) is 58.9 cm³/mol. The largest absolute Gasteiger partial charge is 0.213 e. The molecular weight excluding hydrogens is 210 g/mol. The summed E-state index contributed by atoms with van der Waals surface area (Å²) < 4.78 is 25.7. The van der Waals surface area contributed by atoms with Crippen molar-refractivity contribution in [2.24, 2.45) is 17.8 Å². The summed E-state index contributed by atoms with van der Waals surface area (Å²) >= 11 is 0. The maximum absolute atomic E-state index is 11.4. The molecule has 0 aromatic carbocycles. The monoisotopic (exact) mass is 229 g/mol. The van der Waals surface area contributed by atoms with E-state index in [1.54, 1.807) is 0 Å². The summed E-state index contributed by atoms with van der Waals surface area (Å²) in [6, 6.07) is 0. The Morgan fingerprint density at radius 2 is 1.40 bits per heavy atom. The van der Waals surface area contributed by atoms with Crippen LogP contribution in [-0.2, 0) is 10.0 Å². The van der Waals surface area contributed by atoms with Crippen molar-refractivity contribution >= 4 is 10.0 Å². The second kappa shape index (κ2) is 2.98. The third kappa shape index (κ3) is 1.82. The van der Waals surface area contributed by atoms with Gasteiger partial charge in [0.25, 0.3) is 0 Å². The molecule has 3 nitrogen and oxygen atoms in total. The van der Waals surface area contributed by atoms with Crippen molar-refractivity contribution < 1.29 is 8.42 Å². The molecule has 0 spiro atoms. The highest BCUT2D eigenvalue weighted by Gasteiger charge is 2.51. The van der Waals surface area contributed by atoms with Gasteiger partial charge < -0.3 is 0 Å². The second-order valence-corrected chi connectivity index (χ2v) is 7.82. The van der Waals surface area contributed by atoms with Crippen LogP contribution in [0.25, 0.3) is 0 Å². The van der Waals surface area contributed by atoms with Crippen molar-refractivity contribution in [1.29, 1.82) is 0 Å². The van der Waals surface area contributed by atoms with Gasteiger partial charge in [-0.25, -0.2) is 13.1 Å². The maximum atomic E-state index is 11.4. The normalized spacial score (nSPS) is 48.5. The van der Waals surface area contributed by atoms with E-state index in [1.807, 2.05) is 0 Å². The molecule has 0 aliphatic heterocycles. The van der Waals surface area contributed by atoms with E-state index in [-0.39, 0.29) is 5.54 Å². The SMILES string of the molecule is CS(=O)(=O)NC12CC3CC(CC(C3)C1)C2. The smallest absolute Gasteiger partial charge is 0.209 e. The van der Waals surface area contributed by atoms with Crippen LogP contribution in [0.15, 0.2) is 0 Å². The zero-order chi connectivity index (χ0) is 10.7. The van der Waals surface area contributed by atoms with Crippen LogP contribution in [0.3, 0.4) is 0 Å². The van der Waals surface area contributed by atoms with Crippen LogP contribution in [0.2, 0.25) is 0 Å². The number of nitrogens with one attached hydrogen (secondary N) is 1. The molecule has 4 aliphatic rings. The lowest BCUT2D eigenvalue weighted by molar-refractivity contribution is -0.00800.